The molecule has 2 saturated heterocycles. The van der Waals surface area contributed by atoms with Crippen LogP contribution in [-0.2, 0) is 19.0 Å². The number of allylic oxidation sites excluding steroid dienone is 2. The van der Waals surface area contributed by atoms with Gasteiger partial charge in [-0.25, -0.2) is 0 Å². The molecule has 2 heterocycles. The molecule has 0 radical (unpaired) electrons. The molecule has 4 heteroatoms. The monoisotopic (exact) mass is 236 g/mol. The van der Waals surface area contributed by atoms with Gasteiger partial charge in [0.1, 0.15) is 12.2 Å². The van der Waals surface area contributed by atoms with Gasteiger partial charge in [0.25, 0.3) is 0 Å². The maximum absolute atomic E-state index is 11.2. The van der Waals surface area contributed by atoms with Crippen LogP contribution in [0.25, 0.3) is 0 Å². The minimum absolute atomic E-state index is 0.0575. The zero-order valence-corrected chi connectivity index (χ0v) is 9.74. The third-order valence-electron chi connectivity index (χ3n) is 4.68. The molecule has 0 N–H and O–H groups in total. The maximum Gasteiger partial charge on any atom is 0.303 e. The van der Waals surface area contributed by atoms with Gasteiger partial charge in [0.15, 0.2) is 6.29 Å². The molecular formula is C13H16O4. The Morgan fingerprint density at radius 3 is 2.82 bits per heavy atom. The fraction of sp³-hybridized carbons (Fsp3) is 0.769. The van der Waals surface area contributed by atoms with Crippen molar-refractivity contribution in [2.75, 3.05) is 6.61 Å². The summed E-state index contributed by atoms with van der Waals surface area (Å²) in [4.78, 5) is 11.2. The smallest absolute Gasteiger partial charge is 0.303 e. The van der Waals surface area contributed by atoms with Gasteiger partial charge < -0.3 is 14.2 Å². The van der Waals surface area contributed by atoms with E-state index in [1.54, 1.807) is 0 Å². The van der Waals surface area contributed by atoms with Crippen molar-refractivity contribution < 1.29 is 19.0 Å². The van der Waals surface area contributed by atoms with E-state index in [1.807, 2.05) is 0 Å². The highest BCUT2D eigenvalue weighted by Crippen LogP contribution is 2.56. The number of carbonyl (C=O) groups is 1. The lowest BCUT2D eigenvalue weighted by Crippen LogP contribution is -2.50. The van der Waals surface area contributed by atoms with Gasteiger partial charge in [-0.3, -0.25) is 4.79 Å². The lowest BCUT2D eigenvalue weighted by Gasteiger charge is -2.41. The van der Waals surface area contributed by atoms with Crippen molar-refractivity contribution in [3.8, 4) is 0 Å². The van der Waals surface area contributed by atoms with Crippen LogP contribution in [0, 0.1) is 23.7 Å². The Bertz CT molecular complexity index is 391. The second-order valence-corrected chi connectivity index (χ2v) is 5.55. The molecule has 17 heavy (non-hydrogen) atoms. The summed E-state index contributed by atoms with van der Waals surface area (Å²) >= 11 is 0. The fourth-order valence-electron chi connectivity index (χ4n) is 4.15. The zero-order valence-electron chi connectivity index (χ0n) is 9.74. The highest BCUT2D eigenvalue weighted by Gasteiger charge is 2.60. The standard InChI is InChI=1S/C13H16O4/c1-6(14)16-12-9-5-15-13(17-9)11-8-3-2-7(4-8)10(11)12/h2-3,7-13H,4-5H2,1H3/t7-,8+,9+,10-,11+,12+,13+/m0/s1. The van der Waals surface area contributed by atoms with Crippen molar-refractivity contribution >= 4 is 5.97 Å². The third kappa shape index (κ3) is 1.28. The molecule has 0 aromatic rings. The van der Waals surface area contributed by atoms with E-state index in [4.69, 9.17) is 14.2 Å². The number of ether oxygens (including phenoxy) is 3. The minimum atomic E-state index is -0.213. The number of carbonyl (C=O) groups excluding carboxylic acids is 1. The van der Waals surface area contributed by atoms with Gasteiger partial charge in [-0.15, -0.1) is 0 Å². The molecule has 4 bridgehead atoms. The van der Waals surface area contributed by atoms with Gasteiger partial charge in [0.2, 0.25) is 0 Å². The average Bonchev–Trinajstić information content (AvgIpc) is 2.98. The molecule has 0 amide bonds. The van der Waals surface area contributed by atoms with E-state index in [9.17, 15) is 4.79 Å². The predicted octanol–water partition coefficient (Wildman–Crippen LogP) is 1.11. The average molecular weight is 236 g/mol. The summed E-state index contributed by atoms with van der Waals surface area (Å²) in [6.45, 7) is 2.04. The van der Waals surface area contributed by atoms with Crippen LogP contribution < -0.4 is 0 Å². The molecule has 0 spiro atoms. The Hall–Kier alpha value is -0.870. The Kier molecular flexibility index (Phi) is 1.97. The summed E-state index contributed by atoms with van der Waals surface area (Å²) in [5.41, 5.74) is 0. The first-order chi connectivity index (χ1) is 8.24. The molecule has 0 aromatic heterocycles. The molecule has 7 atom stereocenters. The van der Waals surface area contributed by atoms with Crippen LogP contribution in [0.5, 0.6) is 0 Å². The van der Waals surface area contributed by atoms with E-state index in [0.29, 0.717) is 30.3 Å². The van der Waals surface area contributed by atoms with Crippen LogP contribution in [0.1, 0.15) is 13.3 Å². The van der Waals surface area contributed by atoms with Crippen molar-refractivity contribution in [2.24, 2.45) is 23.7 Å². The molecule has 1 saturated carbocycles. The van der Waals surface area contributed by atoms with Gasteiger partial charge in [-0.05, 0) is 18.3 Å². The minimum Gasteiger partial charge on any atom is -0.459 e. The predicted molar refractivity (Wildman–Crippen MR) is 57.9 cm³/mol. The summed E-state index contributed by atoms with van der Waals surface area (Å²) in [5, 5.41) is 0. The highest BCUT2D eigenvalue weighted by molar-refractivity contribution is 5.66. The van der Waals surface area contributed by atoms with Crippen LogP contribution in [0.3, 0.4) is 0 Å². The summed E-state index contributed by atoms with van der Waals surface area (Å²) in [7, 11) is 0. The van der Waals surface area contributed by atoms with Crippen molar-refractivity contribution in [2.45, 2.75) is 31.8 Å². The molecule has 3 fully saturated rings. The van der Waals surface area contributed by atoms with Crippen LogP contribution in [-0.4, -0.2) is 31.1 Å². The number of fused-ring (bicyclic) bond motifs is 8. The Morgan fingerprint density at radius 2 is 2.06 bits per heavy atom. The van der Waals surface area contributed by atoms with Crippen LogP contribution in [0.15, 0.2) is 12.2 Å². The lowest BCUT2D eigenvalue weighted by molar-refractivity contribution is -0.201. The summed E-state index contributed by atoms with van der Waals surface area (Å²) < 4.78 is 17.1. The van der Waals surface area contributed by atoms with Crippen LogP contribution in [0.2, 0.25) is 0 Å². The normalized spacial score (nSPS) is 53.8. The van der Waals surface area contributed by atoms with E-state index >= 15 is 0 Å². The first-order valence-corrected chi connectivity index (χ1v) is 6.36. The second-order valence-electron chi connectivity index (χ2n) is 5.55. The van der Waals surface area contributed by atoms with Gasteiger partial charge in [0, 0.05) is 18.8 Å². The fourth-order valence-corrected chi connectivity index (χ4v) is 4.15. The summed E-state index contributed by atoms with van der Waals surface area (Å²) in [6, 6.07) is 0. The van der Waals surface area contributed by atoms with Crippen molar-refractivity contribution in [3.05, 3.63) is 12.2 Å². The number of rotatable bonds is 1. The molecular weight excluding hydrogens is 220 g/mol. The first-order valence-electron chi connectivity index (χ1n) is 6.36. The molecule has 0 aromatic carbocycles. The quantitative estimate of drug-likeness (QED) is 0.505. The number of hydrogen-bond acceptors (Lipinski definition) is 4. The van der Waals surface area contributed by atoms with E-state index in [0.717, 1.165) is 0 Å². The summed E-state index contributed by atoms with van der Waals surface area (Å²) in [5.74, 6) is 1.67. The van der Waals surface area contributed by atoms with E-state index in [-0.39, 0.29) is 24.5 Å². The maximum atomic E-state index is 11.2. The molecule has 2 aliphatic heterocycles. The lowest BCUT2D eigenvalue weighted by atomic mass is 9.76. The highest BCUT2D eigenvalue weighted by atomic mass is 16.7. The molecule has 4 nitrogen and oxygen atoms in total. The van der Waals surface area contributed by atoms with Gasteiger partial charge in [-0.1, -0.05) is 12.2 Å². The van der Waals surface area contributed by atoms with Gasteiger partial charge in [-0.2, -0.15) is 0 Å². The second kappa shape index (κ2) is 3.33. The molecule has 4 aliphatic rings. The van der Waals surface area contributed by atoms with Crippen molar-refractivity contribution in [3.63, 3.8) is 0 Å². The first kappa shape index (κ1) is 10.1. The van der Waals surface area contributed by atoms with E-state index in [2.05, 4.69) is 12.2 Å². The SMILES string of the molecule is CC(=O)O[C@H]1[C@@H]2[C@H]([C@@H]3OC[C@H]1O3)[C@@H]1C=C[C@H]2C1. The third-order valence-corrected chi connectivity index (χ3v) is 4.68. The molecule has 4 rings (SSSR count). The Morgan fingerprint density at radius 1 is 1.29 bits per heavy atom. The van der Waals surface area contributed by atoms with Crippen LogP contribution in [0.4, 0.5) is 0 Å². The number of hydrogen-bond donors (Lipinski definition) is 0. The van der Waals surface area contributed by atoms with Crippen molar-refractivity contribution in [1.29, 1.82) is 0 Å². The molecule has 92 valence electrons. The Balaban J connectivity index is 1.69. The molecule has 2 aliphatic carbocycles. The largest absolute Gasteiger partial charge is 0.459 e. The van der Waals surface area contributed by atoms with E-state index < -0.39 is 0 Å². The van der Waals surface area contributed by atoms with Crippen LogP contribution >= 0.6 is 0 Å². The Labute approximate surface area is 99.9 Å². The van der Waals surface area contributed by atoms with Crippen molar-refractivity contribution in [1.82, 2.24) is 0 Å². The molecule has 0 unspecified atom stereocenters. The zero-order chi connectivity index (χ0) is 11.6. The van der Waals surface area contributed by atoms with E-state index in [1.165, 1.54) is 13.3 Å². The van der Waals surface area contributed by atoms with Gasteiger partial charge >= 0.3 is 5.97 Å². The summed E-state index contributed by atoms with van der Waals surface area (Å²) in [6.07, 6.45) is 5.49. The number of esters is 1. The van der Waals surface area contributed by atoms with Gasteiger partial charge in [0.05, 0.1) is 6.61 Å². The topological polar surface area (TPSA) is 44.8 Å².